The molecular weight excluding hydrogens is 999 g/mol. The molecule has 0 spiro atoms. The summed E-state index contributed by atoms with van der Waals surface area (Å²) in [6.07, 6.45) is 15.8. The smallest absolute Gasteiger partial charge is 0.144 e. The number of hydrogen-bond acceptors (Lipinski definition) is 5. The molecule has 5 nitrogen and oxygen atoms in total. The van der Waals surface area contributed by atoms with E-state index in [2.05, 4.69) is 231 Å². The average molecular weight is 1050 g/mol. The Morgan fingerprint density at radius 2 is 0.646 bits per heavy atom. The lowest BCUT2D eigenvalue weighted by Gasteiger charge is -2.18. The van der Waals surface area contributed by atoms with E-state index in [9.17, 15) is 0 Å². The highest BCUT2D eigenvalue weighted by Gasteiger charge is 2.51. The first-order valence-electron chi connectivity index (χ1n) is 28.3. The second-order valence-corrected chi connectivity index (χ2v) is 22.1. The van der Waals surface area contributed by atoms with E-state index >= 15 is 0 Å². The predicted octanol–water partition coefficient (Wildman–Crippen LogP) is 20.2. The van der Waals surface area contributed by atoms with E-state index in [0.717, 1.165) is 144 Å². The SMILES string of the molecule is C1=CC2C3C=CC1c1cc(-c4ccc(-c5ccccc5-c5cc(-c6ccccc6-c6ccc(-c7cccc8c7oc7ccccc78)nc6)cc(-c6ccccc6-c6ccc(-c7cccc8c7oc7ccccc78)nc6)c5)cn4)ccc1C23. The minimum absolute atomic E-state index is 0.320. The molecule has 4 bridgehead atoms. The summed E-state index contributed by atoms with van der Waals surface area (Å²) in [5.41, 5.74) is 25.1. The maximum absolute atomic E-state index is 6.45. The van der Waals surface area contributed by atoms with Crippen LogP contribution in [0.15, 0.2) is 282 Å². The Morgan fingerprint density at radius 1 is 0.268 bits per heavy atom. The van der Waals surface area contributed by atoms with E-state index in [-0.39, 0.29) is 0 Å². The largest absolute Gasteiger partial charge is 0.455 e. The standard InChI is InChI=1S/C77H49N3O2/c1-4-16-57(54(13-1)48-30-36-70(78-43-48)47-29-35-64-69(42-47)46-27-33-62-63(34-28-46)75(62)64)51-39-52(58-17-5-2-14-55(58)49-31-37-71(79-44-49)67-23-11-21-65-60-19-7-9-25-73(60)81-76(65)67)41-53(40-51)59-18-6-3-15-56(59)50-32-38-72(80-45-50)68-24-12-22-66-61-20-8-10-26-74(61)82-77(66)68/h1-46,62-63,75H. The topological polar surface area (TPSA) is 65.0 Å². The van der Waals surface area contributed by atoms with Crippen LogP contribution in [-0.2, 0) is 0 Å². The van der Waals surface area contributed by atoms with Crippen LogP contribution in [0.25, 0.3) is 144 Å². The summed E-state index contributed by atoms with van der Waals surface area (Å²) in [5.74, 6) is 2.22. The summed E-state index contributed by atoms with van der Waals surface area (Å²) in [6, 6.07) is 82.2. The quantitative estimate of drug-likeness (QED) is 0.135. The van der Waals surface area contributed by atoms with E-state index < -0.39 is 0 Å². The van der Waals surface area contributed by atoms with Crippen LogP contribution >= 0.6 is 0 Å². The van der Waals surface area contributed by atoms with Gasteiger partial charge in [0.2, 0.25) is 0 Å². The van der Waals surface area contributed by atoms with Gasteiger partial charge in [0.25, 0.3) is 0 Å². The van der Waals surface area contributed by atoms with Crippen molar-refractivity contribution in [1.82, 2.24) is 15.0 Å². The number of benzene rings is 9. The zero-order chi connectivity index (χ0) is 53.8. The molecule has 0 N–H and O–H groups in total. The third-order valence-corrected chi connectivity index (χ3v) is 17.5. The van der Waals surface area contributed by atoms with E-state index in [1.165, 1.54) is 11.1 Å². The number of nitrogens with zero attached hydrogens (tertiary/aromatic N) is 3. The van der Waals surface area contributed by atoms with Crippen molar-refractivity contribution in [2.75, 3.05) is 0 Å². The third-order valence-electron chi connectivity index (χ3n) is 17.5. The van der Waals surface area contributed by atoms with Crippen molar-refractivity contribution in [3.63, 3.8) is 0 Å². The minimum atomic E-state index is 0.320. The van der Waals surface area contributed by atoms with Crippen LogP contribution < -0.4 is 0 Å². The zero-order valence-electron chi connectivity index (χ0n) is 44.4. The zero-order valence-corrected chi connectivity index (χ0v) is 44.4. The Bertz CT molecular complexity index is 4710. The van der Waals surface area contributed by atoms with Crippen molar-refractivity contribution in [3.05, 3.63) is 285 Å². The lowest BCUT2D eigenvalue weighted by Crippen LogP contribution is -1.97. The molecule has 9 aromatic carbocycles. The van der Waals surface area contributed by atoms with E-state index in [0.29, 0.717) is 23.7 Å². The summed E-state index contributed by atoms with van der Waals surface area (Å²) in [6.45, 7) is 0. The van der Waals surface area contributed by atoms with Crippen LogP contribution in [0, 0.1) is 11.8 Å². The maximum atomic E-state index is 6.45. The molecule has 82 heavy (non-hydrogen) atoms. The monoisotopic (exact) mass is 1050 g/mol. The average Bonchev–Trinajstić information content (AvgIpc) is 4.27. The number of para-hydroxylation sites is 4. The molecule has 4 aliphatic rings. The summed E-state index contributed by atoms with van der Waals surface area (Å²) in [7, 11) is 0. The molecule has 14 aromatic rings. The molecule has 2 atom stereocenters. The van der Waals surface area contributed by atoms with Crippen LogP contribution in [0.5, 0.6) is 0 Å². The maximum Gasteiger partial charge on any atom is 0.144 e. The molecule has 384 valence electrons. The van der Waals surface area contributed by atoms with Crippen molar-refractivity contribution in [3.8, 4) is 101 Å². The number of pyridine rings is 3. The molecule has 18 rings (SSSR count). The highest BCUT2D eigenvalue weighted by molar-refractivity contribution is 6.10. The fourth-order valence-corrected chi connectivity index (χ4v) is 13.5. The second-order valence-electron chi connectivity index (χ2n) is 22.1. The molecule has 0 saturated heterocycles. The number of hydrogen-bond donors (Lipinski definition) is 0. The van der Waals surface area contributed by atoms with Crippen molar-refractivity contribution in [2.45, 2.75) is 11.8 Å². The van der Waals surface area contributed by atoms with E-state index in [4.69, 9.17) is 23.8 Å². The minimum Gasteiger partial charge on any atom is -0.455 e. The van der Waals surface area contributed by atoms with Crippen molar-refractivity contribution < 1.29 is 8.83 Å². The summed E-state index contributed by atoms with van der Waals surface area (Å²) >= 11 is 0. The molecule has 0 radical (unpaired) electrons. The molecule has 2 unspecified atom stereocenters. The number of rotatable bonds is 9. The fraction of sp³-hybridized carbons (Fsp3) is 0.0519. The molecule has 5 heteroatoms. The van der Waals surface area contributed by atoms with Gasteiger partial charge in [-0.1, -0.05) is 188 Å². The van der Waals surface area contributed by atoms with Crippen LogP contribution in [0.4, 0.5) is 0 Å². The van der Waals surface area contributed by atoms with Crippen LogP contribution in [0.3, 0.4) is 0 Å². The number of aromatic nitrogens is 3. The van der Waals surface area contributed by atoms with Gasteiger partial charge < -0.3 is 8.83 Å². The number of furan rings is 2. The number of fused-ring (bicyclic) bond motifs is 6. The summed E-state index contributed by atoms with van der Waals surface area (Å²) < 4.78 is 12.9. The van der Waals surface area contributed by atoms with E-state index in [1.807, 2.05) is 42.9 Å². The van der Waals surface area contributed by atoms with E-state index in [1.54, 1.807) is 0 Å². The molecule has 0 aliphatic heterocycles. The highest BCUT2D eigenvalue weighted by Crippen LogP contribution is 2.61. The first-order chi connectivity index (χ1) is 40.6. The molecule has 4 aliphatic carbocycles. The predicted molar refractivity (Wildman–Crippen MR) is 334 cm³/mol. The highest BCUT2D eigenvalue weighted by atomic mass is 16.3. The van der Waals surface area contributed by atoms with Gasteiger partial charge in [-0.05, 0) is 146 Å². The van der Waals surface area contributed by atoms with Crippen molar-refractivity contribution in [1.29, 1.82) is 0 Å². The normalized spacial score (nSPS) is 16.7. The van der Waals surface area contributed by atoms with Crippen LogP contribution in [-0.4, -0.2) is 15.0 Å². The van der Waals surface area contributed by atoms with Gasteiger partial charge >= 0.3 is 0 Å². The van der Waals surface area contributed by atoms with Gasteiger partial charge in [-0.3, -0.25) is 15.0 Å². The molecule has 0 amide bonds. The Morgan fingerprint density at radius 3 is 1.09 bits per heavy atom. The third kappa shape index (κ3) is 7.58. The van der Waals surface area contributed by atoms with Crippen LogP contribution in [0.2, 0.25) is 0 Å². The second kappa shape index (κ2) is 18.6. The number of allylic oxidation sites excluding steroid dienone is 4. The molecule has 5 heterocycles. The molecule has 1 fully saturated rings. The Kier molecular flexibility index (Phi) is 10.5. The Hall–Kier alpha value is -10.5. The first kappa shape index (κ1) is 46.4. The van der Waals surface area contributed by atoms with Crippen molar-refractivity contribution in [2.24, 2.45) is 11.8 Å². The Balaban J connectivity index is 0.774. The van der Waals surface area contributed by atoms with Gasteiger partial charge in [0.1, 0.15) is 22.3 Å². The summed E-state index contributed by atoms with van der Waals surface area (Å²) in [5, 5.41) is 4.37. The van der Waals surface area contributed by atoms with Gasteiger partial charge in [0.05, 0.1) is 17.1 Å². The van der Waals surface area contributed by atoms with Gasteiger partial charge in [-0.2, -0.15) is 0 Å². The van der Waals surface area contributed by atoms with Crippen LogP contribution in [0.1, 0.15) is 23.0 Å². The van der Waals surface area contributed by atoms with Gasteiger partial charge in [0, 0.05) is 79.4 Å². The van der Waals surface area contributed by atoms with Gasteiger partial charge in [0.15, 0.2) is 0 Å². The Labute approximate surface area is 473 Å². The fourth-order valence-electron chi connectivity index (χ4n) is 13.5. The first-order valence-corrected chi connectivity index (χ1v) is 28.3. The van der Waals surface area contributed by atoms with Gasteiger partial charge in [-0.25, -0.2) is 0 Å². The molecule has 5 aromatic heterocycles. The lowest BCUT2D eigenvalue weighted by atomic mass is 9.86. The molecular formula is C77H49N3O2. The molecule has 1 saturated carbocycles. The lowest BCUT2D eigenvalue weighted by molar-refractivity contribution is 0.669. The summed E-state index contributed by atoms with van der Waals surface area (Å²) in [4.78, 5) is 15.4. The van der Waals surface area contributed by atoms with Crippen molar-refractivity contribution >= 4 is 43.9 Å². The van der Waals surface area contributed by atoms with Gasteiger partial charge in [-0.15, -0.1) is 0 Å².